The zero-order valence-corrected chi connectivity index (χ0v) is 17.4. The molecule has 3 aromatic rings. The molecule has 0 radical (unpaired) electrons. The molecule has 0 unspecified atom stereocenters. The van der Waals surface area contributed by atoms with Gasteiger partial charge in [0, 0.05) is 44.2 Å². The molecule has 0 bridgehead atoms. The minimum absolute atomic E-state index is 0.104. The summed E-state index contributed by atoms with van der Waals surface area (Å²) in [4.78, 5) is 18.9. The first-order chi connectivity index (χ1) is 13.5. The number of aryl methyl sites for hydroxylation is 1. The SMILES string of the molecule is COc1ccc(-c2nn(C)c3sc(C(=O)N4CCN(C)CC4)cc23)cc1OC. The Kier molecular flexibility index (Phi) is 4.99. The van der Waals surface area contributed by atoms with E-state index in [-0.39, 0.29) is 5.91 Å². The second-order valence-electron chi connectivity index (χ2n) is 6.97. The van der Waals surface area contributed by atoms with Gasteiger partial charge < -0.3 is 19.3 Å². The first-order valence-corrected chi connectivity index (χ1v) is 10.00. The molecule has 1 saturated heterocycles. The number of hydrogen-bond donors (Lipinski definition) is 0. The molecular formula is C20H24N4O3S. The van der Waals surface area contributed by atoms with Crippen molar-refractivity contribution in [2.45, 2.75) is 0 Å². The van der Waals surface area contributed by atoms with Crippen LogP contribution >= 0.6 is 11.3 Å². The van der Waals surface area contributed by atoms with Crippen LogP contribution in [0.2, 0.25) is 0 Å². The van der Waals surface area contributed by atoms with Crippen LogP contribution in [-0.4, -0.2) is 72.9 Å². The molecule has 0 aliphatic carbocycles. The first kappa shape index (κ1) is 18.8. The maximum atomic E-state index is 13.0. The summed E-state index contributed by atoms with van der Waals surface area (Å²) in [6.07, 6.45) is 0. The Morgan fingerprint density at radius 1 is 1.04 bits per heavy atom. The topological polar surface area (TPSA) is 59.8 Å². The van der Waals surface area contributed by atoms with Crippen molar-refractivity contribution < 1.29 is 14.3 Å². The van der Waals surface area contributed by atoms with Gasteiger partial charge in [-0.2, -0.15) is 5.10 Å². The number of aromatic nitrogens is 2. The molecule has 8 heteroatoms. The monoisotopic (exact) mass is 400 g/mol. The molecule has 148 valence electrons. The van der Waals surface area contributed by atoms with E-state index in [4.69, 9.17) is 9.47 Å². The second kappa shape index (κ2) is 7.44. The molecule has 0 N–H and O–H groups in total. The van der Waals surface area contributed by atoms with Crippen LogP contribution in [0.1, 0.15) is 9.67 Å². The van der Waals surface area contributed by atoms with Gasteiger partial charge in [-0.05, 0) is 31.3 Å². The van der Waals surface area contributed by atoms with Gasteiger partial charge >= 0.3 is 0 Å². The van der Waals surface area contributed by atoms with Crippen molar-refractivity contribution in [1.82, 2.24) is 19.6 Å². The van der Waals surface area contributed by atoms with Crippen molar-refractivity contribution in [2.75, 3.05) is 47.4 Å². The van der Waals surface area contributed by atoms with Crippen molar-refractivity contribution in [1.29, 1.82) is 0 Å². The third kappa shape index (κ3) is 3.22. The quantitative estimate of drug-likeness (QED) is 0.674. The summed E-state index contributed by atoms with van der Waals surface area (Å²) in [5.74, 6) is 1.44. The number of piperazine rings is 1. The minimum Gasteiger partial charge on any atom is -0.493 e. The van der Waals surface area contributed by atoms with Gasteiger partial charge in [-0.15, -0.1) is 11.3 Å². The number of nitrogens with zero attached hydrogens (tertiary/aromatic N) is 4. The number of hydrogen-bond acceptors (Lipinski definition) is 6. The Balaban J connectivity index is 1.71. The Hall–Kier alpha value is -2.58. The smallest absolute Gasteiger partial charge is 0.264 e. The third-order valence-electron chi connectivity index (χ3n) is 5.17. The lowest BCUT2D eigenvalue weighted by Crippen LogP contribution is -2.46. The summed E-state index contributed by atoms with van der Waals surface area (Å²) in [5, 5.41) is 5.66. The number of methoxy groups -OCH3 is 2. The highest BCUT2D eigenvalue weighted by molar-refractivity contribution is 7.20. The van der Waals surface area contributed by atoms with Gasteiger partial charge in [0.05, 0.1) is 19.1 Å². The standard InChI is InChI=1S/C20H24N4O3S/c1-22-7-9-24(10-8-22)19(25)17-12-14-18(21-23(2)20(14)28-17)13-5-6-15(26-3)16(11-13)27-4/h5-6,11-12H,7-10H2,1-4H3. The summed E-state index contributed by atoms with van der Waals surface area (Å²) in [7, 11) is 7.23. The Morgan fingerprint density at radius 2 is 1.75 bits per heavy atom. The van der Waals surface area contributed by atoms with Crippen molar-refractivity contribution in [3.63, 3.8) is 0 Å². The molecule has 0 saturated carbocycles. The highest BCUT2D eigenvalue weighted by atomic mass is 32.1. The largest absolute Gasteiger partial charge is 0.493 e. The van der Waals surface area contributed by atoms with Gasteiger partial charge in [0.1, 0.15) is 10.5 Å². The number of likely N-dealkylation sites (N-methyl/N-ethyl adjacent to an activating group) is 1. The molecule has 0 atom stereocenters. The Labute approximate surface area is 168 Å². The van der Waals surface area contributed by atoms with E-state index in [1.807, 2.05) is 40.9 Å². The maximum absolute atomic E-state index is 13.0. The van der Waals surface area contributed by atoms with Crippen molar-refractivity contribution >= 4 is 27.5 Å². The van der Waals surface area contributed by atoms with Crippen molar-refractivity contribution in [3.8, 4) is 22.8 Å². The number of amides is 1. The van der Waals surface area contributed by atoms with Crippen LogP contribution in [0.4, 0.5) is 0 Å². The normalized spacial score (nSPS) is 15.2. The number of carbonyl (C=O) groups excluding carboxylic acids is 1. The van der Waals surface area contributed by atoms with E-state index in [0.717, 1.165) is 52.5 Å². The molecule has 4 rings (SSSR count). The Morgan fingerprint density at radius 3 is 2.43 bits per heavy atom. The summed E-state index contributed by atoms with van der Waals surface area (Å²) in [6.45, 7) is 3.36. The summed E-state index contributed by atoms with van der Waals surface area (Å²) < 4.78 is 12.6. The highest BCUT2D eigenvalue weighted by Crippen LogP contribution is 2.37. The highest BCUT2D eigenvalue weighted by Gasteiger charge is 2.24. The van der Waals surface area contributed by atoms with Gasteiger partial charge in [0.15, 0.2) is 11.5 Å². The van der Waals surface area contributed by atoms with E-state index in [9.17, 15) is 4.79 Å². The molecule has 28 heavy (non-hydrogen) atoms. The summed E-state index contributed by atoms with van der Waals surface area (Å²) in [6, 6.07) is 7.72. The van der Waals surface area contributed by atoms with Crippen LogP contribution in [0.25, 0.3) is 21.5 Å². The fraction of sp³-hybridized carbons (Fsp3) is 0.400. The molecule has 1 amide bonds. The van der Waals surface area contributed by atoms with Gasteiger partial charge in [0.25, 0.3) is 5.91 Å². The van der Waals surface area contributed by atoms with Crippen molar-refractivity contribution in [3.05, 3.63) is 29.1 Å². The molecular weight excluding hydrogens is 376 g/mol. The lowest BCUT2D eigenvalue weighted by atomic mass is 10.1. The molecule has 1 fully saturated rings. The van der Waals surface area contributed by atoms with Crippen molar-refractivity contribution in [2.24, 2.45) is 7.05 Å². The predicted octanol–water partition coefficient (Wildman–Crippen LogP) is 2.71. The van der Waals surface area contributed by atoms with Gasteiger partial charge in [-0.1, -0.05) is 0 Å². The molecule has 2 aromatic heterocycles. The lowest BCUT2D eigenvalue weighted by Gasteiger charge is -2.32. The van der Waals surface area contributed by atoms with E-state index >= 15 is 0 Å². The van der Waals surface area contributed by atoms with Crippen LogP contribution in [0, 0.1) is 0 Å². The van der Waals surface area contributed by atoms with Crippen LogP contribution in [0.15, 0.2) is 24.3 Å². The molecule has 0 spiro atoms. The number of carbonyl (C=O) groups is 1. The average molecular weight is 401 g/mol. The fourth-order valence-corrected chi connectivity index (χ4v) is 4.55. The molecule has 3 heterocycles. The average Bonchev–Trinajstić information content (AvgIpc) is 3.28. The third-order valence-corrected chi connectivity index (χ3v) is 6.36. The number of ether oxygens (including phenoxy) is 2. The molecule has 7 nitrogen and oxygen atoms in total. The molecule has 1 aliphatic heterocycles. The Bertz CT molecular complexity index is 1020. The second-order valence-corrected chi connectivity index (χ2v) is 8.00. The molecule has 1 aromatic carbocycles. The van der Waals surface area contributed by atoms with Crippen LogP contribution < -0.4 is 9.47 Å². The van der Waals surface area contributed by atoms with E-state index in [2.05, 4.69) is 17.0 Å². The zero-order chi connectivity index (χ0) is 19.8. The van der Waals surface area contributed by atoms with E-state index in [0.29, 0.717) is 11.5 Å². The number of thiophene rings is 1. The maximum Gasteiger partial charge on any atom is 0.264 e. The van der Waals surface area contributed by atoms with Gasteiger partial charge in [-0.3, -0.25) is 9.48 Å². The van der Waals surface area contributed by atoms with Gasteiger partial charge in [-0.25, -0.2) is 0 Å². The minimum atomic E-state index is 0.104. The predicted molar refractivity (Wildman–Crippen MR) is 111 cm³/mol. The zero-order valence-electron chi connectivity index (χ0n) is 16.6. The summed E-state index contributed by atoms with van der Waals surface area (Å²) in [5.41, 5.74) is 1.77. The molecule has 1 aliphatic rings. The van der Waals surface area contributed by atoms with Crippen LogP contribution in [0.5, 0.6) is 11.5 Å². The number of fused-ring (bicyclic) bond motifs is 1. The van der Waals surface area contributed by atoms with Crippen LogP contribution in [0.3, 0.4) is 0 Å². The van der Waals surface area contributed by atoms with E-state index < -0.39 is 0 Å². The first-order valence-electron chi connectivity index (χ1n) is 9.18. The summed E-state index contributed by atoms with van der Waals surface area (Å²) >= 11 is 1.50. The van der Waals surface area contributed by atoms with Gasteiger partial charge in [0.2, 0.25) is 0 Å². The van der Waals surface area contributed by atoms with E-state index in [1.54, 1.807) is 14.2 Å². The number of benzene rings is 1. The van der Waals surface area contributed by atoms with E-state index in [1.165, 1.54) is 11.3 Å². The number of rotatable bonds is 4. The van der Waals surface area contributed by atoms with Crippen LogP contribution in [-0.2, 0) is 7.05 Å². The fourth-order valence-electron chi connectivity index (χ4n) is 3.51. The lowest BCUT2D eigenvalue weighted by molar-refractivity contribution is 0.0669.